The SMILES string of the molecule is CC1[C@H](O)CC(=CC=C2CCC[C@@]3(C)C2CCC3[C@H](C)CCC[C@@H](C)O)C[C@H]1O. The Kier molecular flexibility index (Phi) is 7.67. The van der Waals surface area contributed by atoms with Gasteiger partial charge in [-0.15, -0.1) is 0 Å². The highest BCUT2D eigenvalue weighted by Crippen LogP contribution is 2.59. The second-order valence-corrected chi connectivity index (χ2v) is 10.8. The molecule has 3 rings (SSSR count). The van der Waals surface area contributed by atoms with E-state index in [2.05, 4.69) is 26.0 Å². The maximum atomic E-state index is 10.2. The number of aliphatic hydroxyl groups excluding tert-OH is 3. The van der Waals surface area contributed by atoms with Gasteiger partial charge in [0.15, 0.2) is 0 Å². The Labute approximate surface area is 178 Å². The largest absolute Gasteiger partial charge is 0.393 e. The summed E-state index contributed by atoms with van der Waals surface area (Å²) in [5.74, 6) is 2.18. The second kappa shape index (κ2) is 9.66. The molecule has 3 heteroatoms. The van der Waals surface area contributed by atoms with Crippen LogP contribution in [-0.4, -0.2) is 33.6 Å². The Hall–Kier alpha value is -0.640. The Bertz CT molecular complexity index is 593. The third-order valence-electron chi connectivity index (χ3n) is 8.70. The van der Waals surface area contributed by atoms with Crippen LogP contribution < -0.4 is 0 Å². The number of allylic oxidation sites excluding steroid dienone is 3. The van der Waals surface area contributed by atoms with Gasteiger partial charge in [-0.2, -0.15) is 0 Å². The van der Waals surface area contributed by atoms with E-state index in [-0.39, 0.29) is 12.0 Å². The van der Waals surface area contributed by atoms with Crippen LogP contribution in [0.5, 0.6) is 0 Å². The second-order valence-electron chi connectivity index (χ2n) is 10.8. The Balaban J connectivity index is 1.68. The van der Waals surface area contributed by atoms with Crippen molar-refractivity contribution >= 4 is 0 Å². The van der Waals surface area contributed by atoms with Crippen molar-refractivity contribution in [3.63, 3.8) is 0 Å². The summed E-state index contributed by atoms with van der Waals surface area (Å²) in [5, 5.41) is 30.0. The van der Waals surface area contributed by atoms with Crippen molar-refractivity contribution in [1.82, 2.24) is 0 Å². The van der Waals surface area contributed by atoms with Crippen molar-refractivity contribution in [2.24, 2.45) is 29.1 Å². The number of hydrogen-bond acceptors (Lipinski definition) is 3. The molecule has 0 amide bonds. The van der Waals surface area contributed by atoms with Crippen LogP contribution in [0.15, 0.2) is 23.3 Å². The third kappa shape index (κ3) is 5.17. The van der Waals surface area contributed by atoms with Gasteiger partial charge in [0.25, 0.3) is 0 Å². The number of aliphatic hydroxyl groups is 3. The molecule has 3 saturated carbocycles. The van der Waals surface area contributed by atoms with E-state index in [4.69, 9.17) is 0 Å². The van der Waals surface area contributed by atoms with Gasteiger partial charge >= 0.3 is 0 Å². The molecule has 166 valence electrons. The quantitative estimate of drug-likeness (QED) is 0.556. The van der Waals surface area contributed by atoms with Crippen molar-refractivity contribution in [2.45, 2.75) is 110 Å². The fourth-order valence-corrected chi connectivity index (χ4v) is 6.76. The minimum absolute atomic E-state index is 0.0244. The van der Waals surface area contributed by atoms with Crippen molar-refractivity contribution < 1.29 is 15.3 Å². The van der Waals surface area contributed by atoms with Gasteiger partial charge < -0.3 is 15.3 Å². The van der Waals surface area contributed by atoms with Gasteiger partial charge in [0.05, 0.1) is 18.3 Å². The summed E-state index contributed by atoms with van der Waals surface area (Å²) < 4.78 is 0. The molecule has 3 N–H and O–H groups in total. The molecule has 2 unspecified atom stereocenters. The van der Waals surface area contributed by atoms with E-state index in [1.165, 1.54) is 44.1 Å². The minimum Gasteiger partial charge on any atom is -0.393 e. The lowest BCUT2D eigenvalue weighted by atomic mass is 9.60. The lowest BCUT2D eigenvalue weighted by Crippen LogP contribution is -2.36. The summed E-state index contributed by atoms with van der Waals surface area (Å²) in [5.41, 5.74) is 3.21. The topological polar surface area (TPSA) is 60.7 Å². The lowest BCUT2D eigenvalue weighted by Gasteiger charge is -2.44. The molecule has 7 atom stereocenters. The molecular formula is C26H44O3. The third-order valence-corrected chi connectivity index (χ3v) is 8.70. The van der Waals surface area contributed by atoms with Crippen LogP contribution >= 0.6 is 0 Å². The van der Waals surface area contributed by atoms with Gasteiger partial charge in [0, 0.05) is 5.92 Å². The molecule has 0 spiro atoms. The standard InChI is InChI=1S/C26H44O3/c1-17(7-5-8-18(2)27)22-12-13-23-21(9-6-14-26(22,23)4)11-10-20-15-24(28)19(3)25(29)16-20/h10-11,17-19,22-25,27-29H,5-9,12-16H2,1-4H3/t17-,18-,19?,22?,23?,24-,25-,26-/m1/s1. The molecule has 0 radical (unpaired) electrons. The van der Waals surface area contributed by atoms with Crippen molar-refractivity contribution in [3.05, 3.63) is 23.3 Å². The fraction of sp³-hybridized carbons (Fsp3) is 0.846. The van der Waals surface area contributed by atoms with Gasteiger partial charge in [-0.25, -0.2) is 0 Å². The number of fused-ring (bicyclic) bond motifs is 1. The molecule has 29 heavy (non-hydrogen) atoms. The summed E-state index contributed by atoms with van der Waals surface area (Å²) in [7, 11) is 0. The maximum absolute atomic E-state index is 10.2. The smallest absolute Gasteiger partial charge is 0.0627 e. The molecule has 0 aliphatic heterocycles. The van der Waals surface area contributed by atoms with Gasteiger partial charge in [-0.1, -0.05) is 56.9 Å². The van der Waals surface area contributed by atoms with E-state index in [1.807, 2.05) is 13.8 Å². The normalized spacial score (nSPS) is 41.3. The zero-order chi connectivity index (χ0) is 21.2. The molecule has 3 nitrogen and oxygen atoms in total. The molecule has 0 aromatic heterocycles. The Morgan fingerprint density at radius 2 is 1.76 bits per heavy atom. The van der Waals surface area contributed by atoms with E-state index in [0.717, 1.165) is 24.7 Å². The van der Waals surface area contributed by atoms with E-state index >= 15 is 0 Å². The van der Waals surface area contributed by atoms with Crippen molar-refractivity contribution in [2.75, 3.05) is 0 Å². The highest BCUT2D eigenvalue weighted by atomic mass is 16.3. The summed E-state index contributed by atoms with van der Waals surface area (Å²) in [6.45, 7) is 8.82. The summed E-state index contributed by atoms with van der Waals surface area (Å²) in [4.78, 5) is 0. The molecule has 0 heterocycles. The summed E-state index contributed by atoms with van der Waals surface area (Å²) >= 11 is 0. The minimum atomic E-state index is -0.418. The maximum Gasteiger partial charge on any atom is 0.0627 e. The monoisotopic (exact) mass is 404 g/mol. The summed E-state index contributed by atoms with van der Waals surface area (Å²) in [6.07, 6.45) is 14.7. The first-order valence-corrected chi connectivity index (χ1v) is 12.1. The van der Waals surface area contributed by atoms with Crippen LogP contribution in [-0.2, 0) is 0 Å². The lowest BCUT2D eigenvalue weighted by molar-refractivity contribution is 0.00406. The average molecular weight is 405 g/mol. The van der Waals surface area contributed by atoms with Crippen molar-refractivity contribution in [1.29, 1.82) is 0 Å². The van der Waals surface area contributed by atoms with Crippen molar-refractivity contribution in [3.8, 4) is 0 Å². The molecule has 3 fully saturated rings. The predicted molar refractivity (Wildman–Crippen MR) is 119 cm³/mol. The number of hydrogen-bond donors (Lipinski definition) is 3. The molecule has 3 aliphatic rings. The van der Waals surface area contributed by atoms with Crippen LogP contribution in [0, 0.1) is 29.1 Å². The van der Waals surface area contributed by atoms with E-state index in [9.17, 15) is 15.3 Å². The zero-order valence-corrected chi connectivity index (χ0v) is 19.1. The van der Waals surface area contributed by atoms with Crippen LogP contribution in [0.25, 0.3) is 0 Å². The van der Waals surface area contributed by atoms with Gasteiger partial charge in [-0.05, 0) is 81.5 Å². The highest BCUT2D eigenvalue weighted by Gasteiger charge is 2.50. The van der Waals surface area contributed by atoms with E-state index in [0.29, 0.717) is 24.2 Å². The number of rotatable bonds is 6. The highest BCUT2D eigenvalue weighted by molar-refractivity contribution is 5.26. The van der Waals surface area contributed by atoms with Gasteiger partial charge in [0.2, 0.25) is 0 Å². The van der Waals surface area contributed by atoms with Crippen LogP contribution in [0.3, 0.4) is 0 Å². The fourth-order valence-electron chi connectivity index (χ4n) is 6.76. The first kappa shape index (κ1) is 23.0. The predicted octanol–water partition coefficient (Wildman–Crippen LogP) is 5.39. The zero-order valence-electron chi connectivity index (χ0n) is 19.1. The average Bonchev–Trinajstić information content (AvgIpc) is 3.01. The molecule has 0 aromatic carbocycles. The molecule has 0 bridgehead atoms. The molecule has 3 aliphatic carbocycles. The Morgan fingerprint density at radius 1 is 1.07 bits per heavy atom. The van der Waals surface area contributed by atoms with Gasteiger partial charge in [0.1, 0.15) is 0 Å². The van der Waals surface area contributed by atoms with Crippen LogP contribution in [0.4, 0.5) is 0 Å². The van der Waals surface area contributed by atoms with E-state index in [1.54, 1.807) is 5.57 Å². The van der Waals surface area contributed by atoms with Crippen LogP contribution in [0.2, 0.25) is 0 Å². The summed E-state index contributed by atoms with van der Waals surface area (Å²) in [6, 6.07) is 0. The first-order chi connectivity index (χ1) is 13.7. The Morgan fingerprint density at radius 3 is 2.41 bits per heavy atom. The molecule has 0 saturated heterocycles. The van der Waals surface area contributed by atoms with E-state index < -0.39 is 12.2 Å². The molecular weight excluding hydrogens is 360 g/mol. The molecule has 0 aromatic rings. The van der Waals surface area contributed by atoms with Gasteiger partial charge in [-0.3, -0.25) is 0 Å². The first-order valence-electron chi connectivity index (χ1n) is 12.1. The van der Waals surface area contributed by atoms with Crippen LogP contribution in [0.1, 0.15) is 91.9 Å².